The van der Waals surface area contributed by atoms with E-state index < -0.39 is 12.0 Å². The number of benzene rings is 2. The summed E-state index contributed by atoms with van der Waals surface area (Å²) in [6.45, 7) is 1.98. The standard InChI is InChI=1S/C21H22N2O4S/c1-14-18(20(24)27-12-13-28-17-6-4-3-5-7-17)19(23-21(25)22-14)15-8-10-16(26-2)11-9-15/h3-11,19H,12-13H2,1-2H3,(H2,22,23,25). The molecule has 7 heteroatoms. The normalized spacial score (nSPS) is 16.2. The van der Waals surface area contributed by atoms with Gasteiger partial charge < -0.3 is 20.1 Å². The van der Waals surface area contributed by atoms with Gasteiger partial charge in [0.2, 0.25) is 0 Å². The first kappa shape index (κ1) is 19.8. The fourth-order valence-electron chi connectivity index (χ4n) is 2.90. The molecule has 2 aromatic carbocycles. The summed E-state index contributed by atoms with van der Waals surface area (Å²) < 4.78 is 10.6. The third-order valence-corrected chi connectivity index (χ3v) is 5.24. The van der Waals surface area contributed by atoms with Crippen molar-refractivity contribution < 1.29 is 19.1 Å². The molecule has 1 unspecified atom stereocenters. The van der Waals surface area contributed by atoms with E-state index in [-0.39, 0.29) is 12.6 Å². The molecule has 2 amide bonds. The zero-order valence-electron chi connectivity index (χ0n) is 15.7. The van der Waals surface area contributed by atoms with Crippen LogP contribution in [-0.4, -0.2) is 31.5 Å². The van der Waals surface area contributed by atoms with E-state index in [1.54, 1.807) is 37.9 Å². The lowest BCUT2D eigenvalue weighted by Gasteiger charge is -2.28. The van der Waals surface area contributed by atoms with E-state index in [9.17, 15) is 9.59 Å². The largest absolute Gasteiger partial charge is 0.497 e. The van der Waals surface area contributed by atoms with Crippen LogP contribution in [0.4, 0.5) is 4.79 Å². The minimum Gasteiger partial charge on any atom is -0.497 e. The van der Waals surface area contributed by atoms with Crippen LogP contribution in [0.1, 0.15) is 18.5 Å². The van der Waals surface area contributed by atoms with E-state index in [2.05, 4.69) is 10.6 Å². The Bertz CT molecular complexity index is 866. The van der Waals surface area contributed by atoms with Crippen LogP contribution in [0.15, 0.2) is 70.8 Å². The zero-order chi connectivity index (χ0) is 19.9. The lowest BCUT2D eigenvalue weighted by Crippen LogP contribution is -2.45. The SMILES string of the molecule is COc1ccc(C2NC(=O)NC(C)=C2C(=O)OCCSc2ccccc2)cc1. The molecule has 0 radical (unpaired) electrons. The van der Waals surface area contributed by atoms with Gasteiger partial charge in [-0.15, -0.1) is 11.8 Å². The Morgan fingerprint density at radius 1 is 1.11 bits per heavy atom. The average molecular weight is 398 g/mol. The number of hydrogen-bond donors (Lipinski definition) is 2. The molecule has 1 aliphatic rings. The summed E-state index contributed by atoms with van der Waals surface area (Å²) in [6.07, 6.45) is 0. The minimum atomic E-state index is -0.575. The van der Waals surface area contributed by atoms with Crippen molar-refractivity contribution in [2.45, 2.75) is 17.9 Å². The van der Waals surface area contributed by atoms with E-state index in [1.165, 1.54) is 0 Å². The van der Waals surface area contributed by atoms with Gasteiger partial charge in [0.1, 0.15) is 12.4 Å². The number of hydrogen-bond acceptors (Lipinski definition) is 5. The molecule has 1 aliphatic heterocycles. The lowest BCUT2D eigenvalue weighted by atomic mass is 9.95. The molecule has 0 aliphatic carbocycles. The van der Waals surface area contributed by atoms with Gasteiger partial charge in [-0.05, 0) is 36.8 Å². The summed E-state index contributed by atoms with van der Waals surface area (Å²) in [7, 11) is 1.58. The van der Waals surface area contributed by atoms with Gasteiger partial charge in [0.25, 0.3) is 0 Å². The number of esters is 1. The monoisotopic (exact) mass is 398 g/mol. The summed E-state index contributed by atoms with van der Waals surface area (Å²) >= 11 is 1.62. The molecule has 146 valence electrons. The van der Waals surface area contributed by atoms with Gasteiger partial charge in [-0.3, -0.25) is 0 Å². The molecular weight excluding hydrogens is 376 g/mol. The fraction of sp³-hybridized carbons (Fsp3) is 0.238. The molecule has 0 saturated carbocycles. The van der Waals surface area contributed by atoms with Crippen LogP contribution in [0, 0.1) is 0 Å². The molecule has 3 rings (SSSR count). The number of urea groups is 1. The maximum absolute atomic E-state index is 12.7. The molecule has 28 heavy (non-hydrogen) atoms. The fourth-order valence-corrected chi connectivity index (χ4v) is 3.65. The third-order valence-electron chi connectivity index (χ3n) is 4.27. The topological polar surface area (TPSA) is 76.7 Å². The zero-order valence-corrected chi connectivity index (χ0v) is 16.5. The molecule has 1 atom stereocenters. The van der Waals surface area contributed by atoms with Crippen molar-refractivity contribution in [3.05, 3.63) is 71.4 Å². The van der Waals surface area contributed by atoms with Crippen LogP contribution in [0.2, 0.25) is 0 Å². The number of amides is 2. The van der Waals surface area contributed by atoms with Gasteiger partial charge in [-0.1, -0.05) is 30.3 Å². The number of thioether (sulfide) groups is 1. The van der Waals surface area contributed by atoms with Gasteiger partial charge in [-0.25, -0.2) is 9.59 Å². The highest BCUT2D eigenvalue weighted by molar-refractivity contribution is 7.99. The molecule has 0 bridgehead atoms. The van der Waals surface area contributed by atoms with Crippen molar-refractivity contribution in [3.63, 3.8) is 0 Å². The van der Waals surface area contributed by atoms with Crippen LogP contribution >= 0.6 is 11.8 Å². The predicted octanol–water partition coefficient (Wildman–Crippen LogP) is 3.66. The first-order valence-electron chi connectivity index (χ1n) is 8.85. The highest BCUT2D eigenvalue weighted by Crippen LogP contribution is 2.29. The quantitative estimate of drug-likeness (QED) is 0.423. The van der Waals surface area contributed by atoms with E-state index >= 15 is 0 Å². The van der Waals surface area contributed by atoms with Gasteiger partial charge in [0.05, 0.1) is 18.7 Å². The van der Waals surface area contributed by atoms with E-state index in [1.807, 2.05) is 42.5 Å². The van der Waals surface area contributed by atoms with Crippen LogP contribution in [0.25, 0.3) is 0 Å². The highest BCUT2D eigenvalue weighted by Gasteiger charge is 2.32. The number of ether oxygens (including phenoxy) is 2. The first-order chi connectivity index (χ1) is 13.6. The lowest BCUT2D eigenvalue weighted by molar-refractivity contribution is -0.138. The van der Waals surface area contributed by atoms with Crippen molar-refractivity contribution in [1.29, 1.82) is 0 Å². The summed E-state index contributed by atoms with van der Waals surface area (Å²) in [5.74, 6) is 0.904. The Balaban J connectivity index is 1.67. The Kier molecular flexibility index (Phi) is 6.60. The molecule has 0 fully saturated rings. The molecule has 1 heterocycles. The van der Waals surface area contributed by atoms with E-state index in [0.717, 1.165) is 10.5 Å². The molecular formula is C21H22N2O4S. The second-order valence-corrected chi connectivity index (χ2v) is 7.31. The van der Waals surface area contributed by atoms with Crippen molar-refractivity contribution in [3.8, 4) is 5.75 Å². The minimum absolute atomic E-state index is 0.276. The van der Waals surface area contributed by atoms with Crippen LogP contribution in [-0.2, 0) is 9.53 Å². The average Bonchev–Trinajstić information content (AvgIpc) is 2.71. The van der Waals surface area contributed by atoms with Crippen molar-refractivity contribution >= 4 is 23.8 Å². The molecule has 2 N–H and O–H groups in total. The number of carbonyl (C=O) groups is 2. The van der Waals surface area contributed by atoms with Gasteiger partial charge in [-0.2, -0.15) is 0 Å². The van der Waals surface area contributed by atoms with Crippen molar-refractivity contribution in [1.82, 2.24) is 10.6 Å². The number of carbonyl (C=O) groups excluding carboxylic acids is 2. The third kappa shape index (κ3) is 4.86. The maximum atomic E-state index is 12.7. The summed E-state index contributed by atoms with van der Waals surface area (Å²) in [5.41, 5.74) is 1.67. The highest BCUT2D eigenvalue weighted by atomic mass is 32.2. The van der Waals surface area contributed by atoms with Crippen LogP contribution in [0.5, 0.6) is 5.75 Å². The number of rotatable bonds is 7. The Morgan fingerprint density at radius 2 is 1.82 bits per heavy atom. The molecule has 0 spiro atoms. The van der Waals surface area contributed by atoms with Gasteiger partial charge in [0, 0.05) is 16.3 Å². The van der Waals surface area contributed by atoms with Gasteiger partial charge >= 0.3 is 12.0 Å². The van der Waals surface area contributed by atoms with Crippen LogP contribution in [0.3, 0.4) is 0 Å². The number of methoxy groups -OCH3 is 1. The second-order valence-electron chi connectivity index (χ2n) is 6.14. The van der Waals surface area contributed by atoms with Crippen molar-refractivity contribution in [2.24, 2.45) is 0 Å². The molecule has 0 aromatic heterocycles. The van der Waals surface area contributed by atoms with Crippen LogP contribution < -0.4 is 15.4 Å². The maximum Gasteiger partial charge on any atom is 0.338 e. The Hall–Kier alpha value is -2.93. The first-order valence-corrected chi connectivity index (χ1v) is 9.84. The summed E-state index contributed by atoms with van der Waals surface area (Å²) in [6, 6.07) is 16.2. The second kappa shape index (κ2) is 9.32. The molecule has 2 aromatic rings. The van der Waals surface area contributed by atoms with Crippen molar-refractivity contribution in [2.75, 3.05) is 19.5 Å². The number of nitrogens with one attached hydrogen (secondary N) is 2. The predicted molar refractivity (Wildman–Crippen MR) is 108 cm³/mol. The summed E-state index contributed by atoms with van der Waals surface area (Å²) in [5, 5.41) is 5.44. The smallest absolute Gasteiger partial charge is 0.338 e. The van der Waals surface area contributed by atoms with E-state index in [0.29, 0.717) is 22.8 Å². The van der Waals surface area contributed by atoms with E-state index in [4.69, 9.17) is 9.47 Å². The van der Waals surface area contributed by atoms with Gasteiger partial charge in [0.15, 0.2) is 0 Å². The summed E-state index contributed by atoms with van der Waals surface area (Å²) in [4.78, 5) is 25.8. The Morgan fingerprint density at radius 3 is 2.50 bits per heavy atom. The Labute approximate surface area is 168 Å². The number of allylic oxidation sites excluding steroid dienone is 1. The molecule has 6 nitrogen and oxygen atoms in total. The molecule has 0 saturated heterocycles.